The third-order valence-corrected chi connectivity index (χ3v) is 3.64. The molecule has 0 spiro atoms. The molecule has 0 amide bonds. The van der Waals surface area contributed by atoms with Crippen LogP contribution in [0.4, 0.5) is 0 Å². The van der Waals surface area contributed by atoms with E-state index in [0.29, 0.717) is 5.54 Å². The van der Waals surface area contributed by atoms with E-state index in [-0.39, 0.29) is 0 Å². The maximum absolute atomic E-state index is 3.76. The monoisotopic (exact) mass is 198 g/mol. The summed E-state index contributed by atoms with van der Waals surface area (Å²) in [6.07, 6.45) is 5.41. The Morgan fingerprint density at radius 1 is 1.29 bits per heavy atom. The summed E-state index contributed by atoms with van der Waals surface area (Å²) >= 11 is 0. The predicted molar refractivity (Wildman–Crippen MR) is 62.6 cm³/mol. The van der Waals surface area contributed by atoms with Crippen LogP contribution >= 0.6 is 0 Å². The van der Waals surface area contributed by atoms with E-state index >= 15 is 0 Å². The molecule has 2 heteroatoms. The second kappa shape index (κ2) is 5.13. The Bertz CT molecular complexity index is 158. The molecule has 0 aliphatic carbocycles. The first-order chi connectivity index (χ1) is 6.57. The SMILES string of the molecule is CC(C)C1(CCN(C)C)CCCCN1. The van der Waals surface area contributed by atoms with E-state index in [1.165, 1.54) is 38.8 Å². The van der Waals surface area contributed by atoms with Gasteiger partial charge in [0.2, 0.25) is 0 Å². The van der Waals surface area contributed by atoms with Crippen LogP contribution in [0.1, 0.15) is 39.5 Å². The fourth-order valence-electron chi connectivity index (χ4n) is 2.41. The van der Waals surface area contributed by atoms with Crippen molar-refractivity contribution in [3.63, 3.8) is 0 Å². The Hall–Kier alpha value is -0.0800. The summed E-state index contributed by atoms with van der Waals surface area (Å²) in [5.41, 5.74) is 0.419. The molecule has 2 nitrogen and oxygen atoms in total. The lowest BCUT2D eigenvalue weighted by Gasteiger charge is -2.42. The molecule has 84 valence electrons. The summed E-state index contributed by atoms with van der Waals surface area (Å²) in [6, 6.07) is 0. The van der Waals surface area contributed by atoms with Gasteiger partial charge in [-0.25, -0.2) is 0 Å². The second-order valence-electron chi connectivity index (χ2n) is 5.25. The molecule has 1 rings (SSSR count). The molecule has 1 N–H and O–H groups in total. The van der Waals surface area contributed by atoms with Crippen LogP contribution in [0.15, 0.2) is 0 Å². The van der Waals surface area contributed by atoms with Gasteiger partial charge in [-0.05, 0) is 52.4 Å². The van der Waals surface area contributed by atoms with Gasteiger partial charge in [0.25, 0.3) is 0 Å². The second-order valence-corrected chi connectivity index (χ2v) is 5.25. The number of hydrogen-bond acceptors (Lipinski definition) is 2. The highest BCUT2D eigenvalue weighted by molar-refractivity contribution is 4.93. The van der Waals surface area contributed by atoms with E-state index in [0.717, 1.165) is 5.92 Å². The van der Waals surface area contributed by atoms with Crippen molar-refractivity contribution in [1.29, 1.82) is 0 Å². The molecule has 14 heavy (non-hydrogen) atoms. The van der Waals surface area contributed by atoms with Gasteiger partial charge in [0.1, 0.15) is 0 Å². The Morgan fingerprint density at radius 3 is 2.43 bits per heavy atom. The summed E-state index contributed by atoms with van der Waals surface area (Å²) < 4.78 is 0. The van der Waals surface area contributed by atoms with Crippen LogP contribution in [0.3, 0.4) is 0 Å². The fourth-order valence-corrected chi connectivity index (χ4v) is 2.41. The van der Waals surface area contributed by atoms with Gasteiger partial charge in [0.15, 0.2) is 0 Å². The molecule has 1 unspecified atom stereocenters. The van der Waals surface area contributed by atoms with Crippen LogP contribution < -0.4 is 5.32 Å². The zero-order valence-corrected chi connectivity index (χ0v) is 10.3. The summed E-state index contributed by atoms with van der Waals surface area (Å²) in [5.74, 6) is 0.753. The Balaban J connectivity index is 2.52. The van der Waals surface area contributed by atoms with Crippen LogP contribution in [-0.2, 0) is 0 Å². The van der Waals surface area contributed by atoms with Crippen molar-refractivity contribution in [1.82, 2.24) is 10.2 Å². The van der Waals surface area contributed by atoms with Gasteiger partial charge >= 0.3 is 0 Å². The van der Waals surface area contributed by atoms with E-state index in [2.05, 4.69) is 38.2 Å². The average molecular weight is 198 g/mol. The number of rotatable bonds is 4. The van der Waals surface area contributed by atoms with Crippen LogP contribution in [0, 0.1) is 5.92 Å². The quantitative estimate of drug-likeness (QED) is 0.744. The molecule has 0 aromatic heterocycles. The van der Waals surface area contributed by atoms with Crippen LogP contribution in [0.2, 0.25) is 0 Å². The molecule has 1 atom stereocenters. The first kappa shape index (κ1) is 12.0. The molecule has 0 bridgehead atoms. The third-order valence-electron chi connectivity index (χ3n) is 3.64. The number of nitrogens with zero attached hydrogens (tertiary/aromatic N) is 1. The van der Waals surface area contributed by atoms with Gasteiger partial charge in [0.05, 0.1) is 0 Å². The van der Waals surface area contributed by atoms with E-state index in [9.17, 15) is 0 Å². The van der Waals surface area contributed by atoms with Gasteiger partial charge in [-0.3, -0.25) is 0 Å². The maximum atomic E-state index is 3.76. The first-order valence-electron chi connectivity index (χ1n) is 5.96. The molecule has 0 aromatic rings. The van der Waals surface area contributed by atoms with Crippen LogP contribution in [-0.4, -0.2) is 37.6 Å². The summed E-state index contributed by atoms with van der Waals surface area (Å²) in [7, 11) is 4.33. The van der Waals surface area contributed by atoms with E-state index in [4.69, 9.17) is 0 Å². The van der Waals surface area contributed by atoms with Crippen molar-refractivity contribution in [2.24, 2.45) is 5.92 Å². The molecule has 1 fully saturated rings. The van der Waals surface area contributed by atoms with Gasteiger partial charge < -0.3 is 10.2 Å². The minimum Gasteiger partial charge on any atom is -0.311 e. The van der Waals surface area contributed by atoms with Crippen molar-refractivity contribution < 1.29 is 0 Å². The standard InChI is InChI=1S/C12H26N2/c1-11(2)12(8-10-14(3)4)7-5-6-9-13-12/h11,13H,5-10H2,1-4H3. The highest BCUT2D eigenvalue weighted by atomic mass is 15.1. The Morgan fingerprint density at radius 2 is 2.00 bits per heavy atom. The fraction of sp³-hybridized carbons (Fsp3) is 1.00. The molecular weight excluding hydrogens is 172 g/mol. The molecule has 0 saturated carbocycles. The zero-order valence-electron chi connectivity index (χ0n) is 10.3. The topological polar surface area (TPSA) is 15.3 Å². The first-order valence-corrected chi connectivity index (χ1v) is 5.96. The van der Waals surface area contributed by atoms with E-state index in [1.807, 2.05) is 0 Å². The highest BCUT2D eigenvalue weighted by Gasteiger charge is 2.34. The molecule has 1 aliphatic rings. The third kappa shape index (κ3) is 2.96. The molecule has 1 aliphatic heterocycles. The highest BCUT2D eigenvalue weighted by Crippen LogP contribution is 2.30. The number of nitrogens with one attached hydrogen (secondary N) is 1. The average Bonchev–Trinajstić information content (AvgIpc) is 2.16. The minimum absolute atomic E-state index is 0.419. The van der Waals surface area contributed by atoms with Crippen molar-refractivity contribution >= 4 is 0 Å². The normalized spacial score (nSPS) is 28.7. The van der Waals surface area contributed by atoms with E-state index < -0.39 is 0 Å². The molecule has 0 radical (unpaired) electrons. The van der Waals surface area contributed by atoms with Crippen LogP contribution in [0.5, 0.6) is 0 Å². The number of hydrogen-bond donors (Lipinski definition) is 1. The zero-order chi connectivity index (χ0) is 10.6. The van der Waals surface area contributed by atoms with Gasteiger partial charge in [-0.15, -0.1) is 0 Å². The summed E-state index contributed by atoms with van der Waals surface area (Å²) in [6.45, 7) is 7.12. The lowest BCUT2D eigenvalue weighted by atomic mass is 9.77. The smallest absolute Gasteiger partial charge is 0.0216 e. The van der Waals surface area contributed by atoms with Crippen LogP contribution in [0.25, 0.3) is 0 Å². The van der Waals surface area contributed by atoms with E-state index in [1.54, 1.807) is 0 Å². The lowest BCUT2D eigenvalue weighted by molar-refractivity contribution is 0.155. The Kier molecular flexibility index (Phi) is 4.39. The summed E-state index contributed by atoms with van der Waals surface area (Å²) in [5, 5.41) is 3.76. The molecular formula is C12H26N2. The molecule has 1 saturated heterocycles. The minimum atomic E-state index is 0.419. The largest absolute Gasteiger partial charge is 0.311 e. The predicted octanol–water partition coefficient (Wildman–Crippen LogP) is 2.11. The molecule has 0 aromatic carbocycles. The van der Waals surface area contributed by atoms with Gasteiger partial charge in [-0.1, -0.05) is 20.3 Å². The maximum Gasteiger partial charge on any atom is 0.0216 e. The lowest BCUT2D eigenvalue weighted by Crippen LogP contribution is -2.53. The van der Waals surface area contributed by atoms with Crippen molar-refractivity contribution in [3.8, 4) is 0 Å². The van der Waals surface area contributed by atoms with Crippen molar-refractivity contribution in [3.05, 3.63) is 0 Å². The summed E-state index contributed by atoms with van der Waals surface area (Å²) in [4.78, 5) is 2.29. The van der Waals surface area contributed by atoms with Gasteiger partial charge in [-0.2, -0.15) is 0 Å². The van der Waals surface area contributed by atoms with Crippen molar-refractivity contribution in [2.45, 2.75) is 45.1 Å². The van der Waals surface area contributed by atoms with Gasteiger partial charge in [0, 0.05) is 5.54 Å². The van der Waals surface area contributed by atoms with Crippen molar-refractivity contribution in [2.75, 3.05) is 27.2 Å². The Labute approximate surface area is 89.1 Å². The number of piperidine rings is 1. The molecule has 1 heterocycles.